The summed E-state index contributed by atoms with van der Waals surface area (Å²) in [6, 6.07) is 0. The van der Waals surface area contributed by atoms with E-state index in [1.165, 1.54) is 12.8 Å². The van der Waals surface area contributed by atoms with Crippen molar-refractivity contribution in [1.82, 2.24) is 0 Å². The minimum absolute atomic E-state index is 0. The molecular weight excluding hydrogens is 389 g/mol. The Labute approximate surface area is 154 Å². The minimum Gasteiger partial charge on any atom is -1.00 e. The molecule has 0 aromatic carbocycles. The molecule has 0 aromatic rings. The van der Waals surface area contributed by atoms with Gasteiger partial charge in [0, 0.05) is 0 Å². The van der Waals surface area contributed by atoms with Crippen LogP contribution in [0.15, 0.2) is 0 Å². The van der Waals surface area contributed by atoms with E-state index in [4.69, 9.17) is 4.74 Å². The first kappa shape index (κ1) is 20.7. The molecule has 2 aliphatic rings. The molecule has 22 heavy (non-hydrogen) atoms. The summed E-state index contributed by atoms with van der Waals surface area (Å²) in [4.78, 5) is 0. The second kappa shape index (κ2) is 7.66. The summed E-state index contributed by atoms with van der Waals surface area (Å²) in [6.07, 6.45) is 2.68. The van der Waals surface area contributed by atoms with Gasteiger partial charge in [-0.3, -0.25) is 0 Å². The quantitative estimate of drug-likeness (QED) is 0.457. The molecule has 0 aliphatic heterocycles. The molecule has 2 aliphatic carbocycles. The highest BCUT2D eigenvalue weighted by Gasteiger charge is 2.57. The molecule has 3 nitrogen and oxygen atoms in total. The third-order valence-electron chi connectivity index (χ3n) is 6.91. The number of aliphatic hydroxyl groups is 1. The van der Waals surface area contributed by atoms with Crippen molar-refractivity contribution in [3.05, 3.63) is 0 Å². The number of hydrogen-bond acceptors (Lipinski definition) is 2. The molecule has 2 saturated carbocycles. The molecule has 5 atom stereocenters. The summed E-state index contributed by atoms with van der Waals surface area (Å²) in [7, 11) is 2.21. The summed E-state index contributed by atoms with van der Waals surface area (Å²) in [5.74, 6) is 2.13. The third-order valence-corrected chi connectivity index (χ3v) is 6.91. The number of rotatable bonds is 7. The Morgan fingerprint density at radius 1 is 1.18 bits per heavy atom. The molecular formula is C18H36INO2. The second-order valence-corrected chi connectivity index (χ2v) is 8.36. The van der Waals surface area contributed by atoms with Crippen LogP contribution >= 0.6 is 0 Å². The summed E-state index contributed by atoms with van der Waals surface area (Å²) in [5, 5.41) is 10.4. The van der Waals surface area contributed by atoms with Crippen LogP contribution in [0.5, 0.6) is 0 Å². The van der Waals surface area contributed by atoms with Crippen LogP contribution in [0.3, 0.4) is 0 Å². The molecule has 5 unspecified atom stereocenters. The van der Waals surface area contributed by atoms with E-state index < -0.39 is 0 Å². The van der Waals surface area contributed by atoms with Crippen LogP contribution in [-0.4, -0.2) is 55.1 Å². The molecule has 0 radical (unpaired) electrons. The third kappa shape index (κ3) is 3.81. The summed E-state index contributed by atoms with van der Waals surface area (Å²) in [5.41, 5.74) is 0.423. The number of hydrogen-bond donors (Lipinski definition) is 1. The van der Waals surface area contributed by atoms with Crippen molar-refractivity contribution in [2.24, 2.45) is 23.2 Å². The zero-order valence-electron chi connectivity index (χ0n) is 15.3. The van der Waals surface area contributed by atoms with Gasteiger partial charge in [0.2, 0.25) is 0 Å². The van der Waals surface area contributed by atoms with Gasteiger partial charge in [-0.05, 0) is 49.9 Å². The normalized spacial score (nSPS) is 34.5. The highest BCUT2D eigenvalue weighted by molar-refractivity contribution is 5.06. The number of fused-ring (bicyclic) bond motifs is 2. The van der Waals surface area contributed by atoms with E-state index in [1.54, 1.807) is 0 Å². The van der Waals surface area contributed by atoms with Gasteiger partial charge in [-0.2, -0.15) is 0 Å². The van der Waals surface area contributed by atoms with Crippen LogP contribution < -0.4 is 24.0 Å². The second-order valence-electron chi connectivity index (χ2n) is 8.36. The van der Waals surface area contributed by atoms with Crippen molar-refractivity contribution in [1.29, 1.82) is 0 Å². The van der Waals surface area contributed by atoms with Gasteiger partial charge >= 0.3 is 0 Å². The van der Waals surface area contributed by atoms with Crippen LogP contribution in [0.25, 0.3) is 0 Å². The first-order valence-corrected chi connectivity index (χ1v) is 8.88. The van der Waals surface area contributed by atoms with Gasteiger partial charge in [0.15, 0.2) is 0 Å². The van der Waals surface area contributed by atoms with Crippen molar-refractivity contribution in [2.75, 3.05) is 33.3 Å². The number of nitrogens with zero attached hydrogens (tertiary/aromatic N) is 1. The Hall–Kier alpha value is 0.610. The van der Waals surface area contributed by atoms with E-state index in [2.05, 4.69) is 41.7 Å². The van der Waals surface area contributed by atoms with Gasteiger partial charge in [0.1, 0.15) is 12.6 Å². The van der Waals surface area contributed by atoms with E-state index in [9.17, 15) is 5.11 Å². The number of likely N-dealkylation sites (N-methyl/N-ethyl adjacent to an activating group) is 1. The lowest BCUT2D eigenvalue weighted by Gasteiger charge is -2.35. The van der Waals surface area contributed by atoms with Crippen molar-refractivity contribution < 1.29 is 38.3 Å². The van der Waals surface area contributed by atoms with Crippen LogP contribution in [0, 0.1) is 23.2 Å². The molecule has 2 fully saturated rings. The lowest BCUT2D eigenvalue weighted by atomic mass is 9.80. The molecule has 4 heteroatoms. The van der Waals surface area contributed by atoms with E-state index >= 15 is 0 Å². The molecule has 0 saturated heterocycles. The zero-order chi connectivity index (χ0) is 15.8. The number of halogens is 1. The predicted octanol–water partition coefficient (Wildman–Crippen LogP) is -0.0750. The van der Waals surface area contributed by atoms with E-state index in [1.807, 2.05) is 0 Å². The molecule has 2 rings (SSSR count). The van der Waals surface area contributed by atoms with Crippen molar-refractivity contribution >= 4 is 0 Å². The maximum absolute atomic E-state index is 10.4. The molecule has 1 N–H and O–H groups in total. The van der Waals surface area contributed by atoms with Crippen LogP contribution in [-0.2, 0) is 4.74 Å². The highest BCUT2D eigenvalue weighted by atomic mass is 127. The summed E-state index contributed by atoms with van der Waals surface area (Å²) >= 11 is 0. The lowest BCUT2D eigenvalue weighted by Crippen LogP contribution is -3.00. The molecule has 0 amide bonds. The van der Waals surface area contributed by atoms with E-state index in [-0.39, 0.29) is 30.1 Å². The molecule has 0 aromatic heterocycles. The number of ether oxygens (including phenoxy) is 1. The first-order chi connectivity index (χ1) is 9.75. The topological polar surface area (TPSA) is 29.5 Å². The SMILES string of the molecule is CC[N+](C)(CC)CC(O)COC1C(C)C2CCC1C2(C)C.[I-]. The average molecular weight is 425 g/mol. The Balaban J connectivity index is 0.00000242. The van der Waals surface area contributed by atoms with Crippen molar-refractivity contribution in [3.63, 3.8) is 0 Å². The van der Waals surface area contributed by atoms with Crippen LogP contribution in [0.1, 0.15) is 47.5 Å². The van der Waals surface area contributed by atoms with Crippen molar-refractivity contribution in [2.45, 2.75) is 59.7 Å². The molecule has 0 spiro atoms. The molecule has 0 heterocycles. The maximum atomic E-state index is 10.4. The summed E-state index contributed by atoms with van der Waals surface area (Å²) in [6.45, 7) is 15.0. The maximum Gasteiger partial charge on any atom is 0.126 e. The van der Waals surface area contributed by atoms with Crippen molar-refractivity contribution in [3.8, 4) is 0 Å². The van der Waals surface area contributed by atoms with Gasteiger partial charge in [-0.1, -0.05) is 20.8 Å². The fourth-order valence-electron chi connectivity index (χ4n) is 5.04. The van der Waals surface area contributed by atoms with Crippen LogP contribution in [0.4, 0.5) is 0 Å². The highest BCUT2D eigenvalue weighted by Crippen LogP contribution is 2.60. The zero-order valence-corrected chi connectivity index (χ0v) is 17.5. The fraction of sp³-hybridized carbons (Fsp3) is 1.00. The predicted molar refractivity (Wildman–Crippen MR) is 87.0 cm³/mol. The molecule has 132 valence electrons. The Bertz CT molecular complexity index is 357. The fourth-order valence-corrected chi connectivity index (χ4v) is 5.04. The Kier molecular flexibility index (Phi) is 7.19. The van der Waals surface area contributed by atoms with Crippen LogP contribution in [0.2, 0.25) is 0 Å². The number of quaternary nitrogens is 1. The van der Waals surface area contributed by atoms with Gasteiger partial charge in [-0.15, -0.1) is 0 Å². The summed E-state index contributed by atoms with van der Waals surface area (Å²) < 4.78 is 7.14. The minimum atomic E-state index is -0.343. The smallest absolute Gasteiger partial charge is 0.126 e. The Morgan fingerprint density at radius 3 is 2.18 bits per heavy atom. The average Bonchev–Trinajstić information content (AvgIpc) is 2.83. The Morgan fingerprint density at radius 2 is 1.73 bits per heavy atom. The van der Waals surface area contributed by atoms with E-state index in [0.717, 1.165) is 30.0 Å². The van der Waals surface area contributed by atoms with E-state index in [0.29, 0.717) is 30.0 Å². The van der Waals surface area contributed by atoms with Gasteiger partial charge < -0.3 is 38.3 Å². The molecule has 2 bridgehead atoms. The first-order valence-electron chi connectivity index (χ1n) is 8.88. The van der Waals surface area contributed by atoms with Gasteiger partial charge in [0.25, 0.3) is 0 Å². The monoisotopic (exact) mass is 425 g/mol. The lowest BCUT2D eigenvalue weighted by molar-refractivity contribution is -0.909. The van der Waals surface area contributed by atoms with Gasteiger partial charge in [-0.25, -0.2) is 0 Å². The van der Waals surface area contributed by atoms with Gasteiger partial charge in [0.05, 0.1) is 32.8 Å². The largest absolute Gasteiger partial charge is 1.00 e. The standard InChI is InChI=1S/C18H36NO2.HI/c1-7-19(6,8-2)11-14(20)12-21-17-13(3)15-9-10-16(17)18(15,4)5;/h13-17,20H,7-12H2,1-6H3;1H/q+1;/p-1. The number of aliphatic hydroxyl groups excluding tert-OH is 1.